The van der Waals surface area contributed by atoms with Gasteiger partial charge in [0, 0.05) is 10.6 Å². The van der Waals surface area contributed by atoms with Crippen LogP contribution in [-0.2, 0) is 0 Å². The van der Waals surface area contributed by atoms with Crippen molar-refractivity contribution in [1.29, 1.82) is 0 Å². The van der Waals surface area contributed by atoms with Crippen LogP contribution in [0.2, 0.25) is 5.02 Å². The van der Waals surface area contributed by atoms with Gasteiger partial charge < -0.3 is 4.98 Å². The van der Waals surface area contributed by atoms with Gasteiger partial charge in [-0.3, -0.25) is 4.79 Å². The number of rotatable bonds is 4. The molecule has 0 bridgehead atoms. The zero-order valence-corrected chi connectivity index (χ0v) is 12.0. The van der Waals surface area contributed by atoms with Crippen molar-refractivity contribution >= 4 is 40.2 Å². The van der Waals surface area contributed by atoms with Gasteiger partial charge in [0.25, 0.3) is 0 Å². The van der Waals surface area contributed by atoms with Gasteiger partial charge >= 0.3 is 0 Å². The van der Waals surface area contributed by atoms with Gasteiger partial charge in [0.05, 0.1) is 16.8 Å². The van der Waals surface area contributed by atoms with Crippen LogP contribution in [0.1, 0.15) is 10.4 Å². The third-order valence-corrected chi connectivity index (χ3v) is 3.97. The topological polar surface area (TPSA) is 45.8 Å². The molecule has 0 fully saturated rings. The summed E-state index contributed by atoms with van der Waals surface area (Å²) in [4.78, 5) is 19.6. The van der Waals surface area contributed by atoms with E-state index < -0.39 is 0 Å². The van der Waals surface area contributed by atoms with E-state index in [0.717, 1.165) is 21.8 Å². The van der Waals surface area contributed by atoms with Gasteiger partial charge in [-0.25, -0.2) is 4.98 Å². The molecule has 0 aliphatic rings. The smallest absolute Gasteiger partial charge is 0.173 e. The number of imidazole rings is 1. The van der Waals surface area contributed by atoms with Crippen molar-refractivity contribution < 1.29 is 4.79 Å². The Morgan fingerprint density at radius 2 is 2.00 bits per heavy atom. The molecule has 0 unspecified atom stereocenters. The summed E-state index contributed by atoms with van der Waals surface area (Å²) < 4.78 is 0. The molecule has 2 aromatic carbocycles. The zero-order chi connectivity index (χ0) is 13.9. The van der Waals surface area contributed by atoms with Gasteiger partial charge in [0.1, 0.15) is 0 Å². The van der Waals surface area contributed by atoms with Crippen molar-refractivity contribution in [3.63, 3.8) is 0 Å². The lowest BCUT2D eigenvalue weighted by Gasteiger charge is -1.98. The van der Waals surface area contributed by atoms with Crippen LogP contribution in [-0.4, -0.2) is 21.5 Å². The molecule has 0 amide bonds. The van der Waals surface area contributed by atoms with Crippen molar-refractivity contribution in [3.05, 3.63) is 59.1 Å². The van der Waals surface area contributed by atoms with E-state index in [-0.39, 0.29) is 5.78 Å². The van der Waals surface area contributed by atoms with Crippen LogP contribution in [0.4, 0.5) is 0 Å². The quantitative estimate of drug-likeness (QED) is 0.580. The number of aromatic amines is 1. The van der Waals surface area contributed by atoms with Gasteiger partial charge in [0.2, 0.25) is 0 Å². The molecule has 3 nitrogen and oxygen atoms in total. The fourth-order valence-corrected chi connectivity index (χ4v) is 2.82. The van der Waals surface area contributed by atoms with Crippen LogP contribution in [0.15, 0.2) is 53.7 Å². The van der Waals surface area contributed by atoms with E-state index in [9.17, 15) is 4.79 Å². The molecule has 1 heterocycles. The number of H-pyrrole nitrogens is 1. The van der Waals surface area contributed by atoms with Crippen LogP contribution in [0, 0.1) is 0 Å². The molecule has 0 radical (unpaired) electrons. The van der Waals surface area contributed by atoms with Crippen molar-refractivity contribution in [3.8, 4) is 0 Å². The lowest BCUT2D eigenvalue weighted by Crippen LogP contribution is -2.01. The Hall–Kier alpha value is -1.78. The summed E-state index contributed by atoms with van der Waals surface area (Å²) in [6, 6.07) is 14.7. The standard InChI is InChI=1S/C15H11ClN2OS/c16-11-6-7-12-13(8-11)18-15(17-12)20-9-14(19)10-4-2-1-3-5-10/h1-8H,9H2,(H,17,18). The van der Waals surface area contributed by atoms with Crippen LogP contribution in [0.5, 0.6) is 0 Å². The Bertz CT molecular complexity index is 755. The molecule has 3 aromatic rings. The highest BCUT2D eigenvalue weighted by Gasteiger charge is 2.09. The Morgan fingerprint density at radius 3 is 2.80 bits per heavy atom. The third kappa shape index (κ3) is 2.86. The number of thioether (sulfide) groups is 1. The van der Waals surface area contributed by atoms with Gasteiger partial charge in [-0.1, -0.05) is 53.7 Å². The first kappa shape index (κ1) is 13.2. The van der Waals surface area contributed by atoms with Crippen LogP contribution in [0.3, 0.4) is 0 Å². The van der Waals surface area contributed by atoms with Crippen LogP contribution < -0.4 is 0 Å². The fourth-order valence-electron chi connectivity index (χ4n) is 1.87. The SMILES string of the molecule is O=C(CSc1nc2ccc(Cl)cc2[nH]1)c1ccccc1. The summed E-state index contributed by atoms with van der Waals surface area (Å²) in [5.74, 6) is 0.450. The summed E-state index contributed by atoms with van der Waals surface area (Å²) in [6.07, 6.45) is 0. The predicted octanol–water partition coefficient (Wildman–Crippen LogP) is 4.19. The van der Waals surface area contributed by atoms with Gasteiger partial charge in [-0.15, -0.1) is 0 Å². The van der Waals surface area contributed by atoms with Gasteiger partial charge in [-0.05, 0) is 18.2 Å². The molecule has 1 aromatic heterocycles. The van der Waals surface area contributed by atoms with E-state index in [1.54, 1.807) is 6.07 Å². The number of Topliss-reactive ketones (excluding diaryl/α,β-unsaturated/α-hetero) is 1. The normalized spacial score (nSPS) is 10.8. The molecule has 1 N–H and O–H groups in total. The van der Waals surface area contributed by atoms with Crippen molar-refractivity contribution in [2.24, 2.45) is 0 Å². The number of aromatic nitrogens is 2. The summed E-state index contributed by atoms with van der Waals surface area (Å²) in [7, 11) is 0. The van der Waals surface area contributed by atoms with E-state index in [1.165, 1.54) is 11.8 Å². The Balaban J connectivity index is 1.72. The molecular formula is C15H11ClN2OS. The molecule has 5 heteroatoms. The van der Waals surface area contributed by atoms with Crippen molar-refractivity contribution in [2.75, 3.05) is 5.75 Å². The van der Waals surface area contributed by atoms with Gasteiger partial charge in [-0.2, -0.15) is 0 Å². The minimum Gasteiger partial charge on any atom is -0.333 e. The molecule has 0 saturated heterocycles. The first-order valence-electron chi connectivity index (χ1n) is 6.09. The minimum atomic E-state index is 0.0917. The number of nitrogens with zero attached hydrogens (tertiary/aromatic N) is 1. The molecule has 0 aliphatic heterocycles. The molecule has 0 aliphatic carbocycles. The molecule has 3 rings (SSSR count). The van der Waals surface area contributed by atoms with E-state index >= 15 is 0 Å². The summed E-state index contributed by atoms with van der Waals surface area (Å²) in [5.41, 5.74) is 2.45. The highest BCUT2D eigenvalue weighted by atomic mass is 35.5. The number of nitrogens with one attached hydrogen (secondary N) is 1. The molecule has 0 atom stereocenters. The minimum absolute atomic E-state index is 0.0917. The van der Waals surface area contributed by atoms with E-state index in [2.05, 4.69) is 9.97 Å². The van der Waals surface area contributed by atoms with Gasteiger partial charge in [0.15, 0.2) is 10.9 Å². The number of hydrogen-bond donors (Lipinski definition) is 1. The molecule has 0 spiro atoms. The molecule has 100 valence electrons. The lowest BCUT2D eigenvalue weighted by molar-refractivity contribution is 0.102. The highest BCUT2D eigenvalue weighted by molar-refractivity contribution is 7.99. The Morgan fingerprint density at radius 1 is 1.20 bits per heavy atom. The maximum atomic E-state index is 12.0. The first-order valence-corrected chi connectivity index (χ1v) is 7.45. The number of carbonyl (C=O) groups excluding carboxylic acids is 1. The highest BCUT2D eigenvalue weighted by Crippen LogP contribution is 2.22. The molecule has 0 saturated carbocycles. The maximum Gasteiger partial charge on any atom is 0.173 e. The number of carbonyl (C=O) groups is 1. The largest absolute Gasteiger partial charge is 0.333 e. The molecule has 20 heavy (non-hydrogen) atoms. The predicted molar refractivity (Wildman–Crippen MR) is 82.6 cm³/mol. The second kappa shape index (κ2) is 5.69. The lowest BCUT2D eigenvalue weighted by atomic mass is 10.2. The Kier molecular flexibility index (Phi) is 3.76. The van der Waals surface area contributed by atoms with E-state index in [1.807, 2.05) is 42.5 Å². The van der Waals surface area contributed by atoms with Crippen molar-refractivity contribution in [1.82, 2.24) is 9.97 Å². The first-order chi connectivity index (χ1) is 9.72. The van der Waals surface area contributed by atoms with Crippen molar-refractivity contribution in [2.45, 2.75) is 5.16 Å². The summed E-state index contributed by atoms with van der Waals surface area (Å²) >= 11 is 7.32. The van der Waals surface area contributed by atoms with E-state index in [4.69, 9.17) is 11.6 Å². The molecular weight excluding hydrogens is 292 g/mol. The monoisotopic (exact) mass is 302 g/mol. The third-order valence-electron chi connectivity index (χ3n) is 2.86. The number of halogens is 1. The number of hydrogen-bond acceptors (Lipinski definition) is 3. The van der Waals surface area contributed by atoms with Crippen LogP contribution >= 0.6 is 23.4 Å². The summed E-state index contributed by atoms with van der Waals surface area (Å²) in [5, 5.41) is 1.39. The number of ketones is 1. The second-order valence-electron chi connectivity index (χ2n) is 4.28. The second-order valence-corrected chi connectivity index (χ2v) is 5.68. The summed E-state index contributed by atoms with van der Waals surface area (Å²) in [6.45, 7) is 0. The average Bonchev–Trinajstić information content (AvgIpc) is 2.87. The number of benzene rings is 2. The fraction of sp³-hybridized carbons (Fsp3) is 0.0667. The Labute approximate surface area is 125 Å². The van der Waals surface area contributed by atoms with E-state index in [0.29, 0.717) is 10.8 Å². The average molecular weight is 303 g/mol. The van der Waals surface area contributed by atoms with Crippen LogP contribution in [0.25, 0.3) is 11.0 Å². The zero-order valence-electron chi connectivity index (χ0n) is 10.5. The number of fused-ring (bicyclic) bond motifs is 1. The maximum absolute atomic E-state index is 12.0.